The molecular weight excluding hydrogens is 488 g/mol. The number of rotatable bonds is 3. The van der Waals surface area contributed by atoms with Crippen LogP contribution in [0, 0.1) is 0 Å². The van der Waals surface area contributed by atoms with Crippen LogP contribution < -0.4 is 0 Å². The summed E-state index contributed by atoms with van der Waals surface area (Å²) in [5, 5.41) is 11.2. The second kappa shape index (κ2) is 8.81. The summed E-state index contributed by atoms with van der Waals surface area (Å²) in [6.45, 7) is 0.412. The number of halogens is 6. The Morgan fingerprint density at radius 1 is 1.03 bits per heavy atom. The quantitative estimate of drug-likeness (QED) is 0.484. The van der Waals surface area contributed by atoms with Crippen molar-refractivity contribution in [3.8, 4) is 0 Å². The number of carbonyl (C=O) groups is 1. The fraction of sp³-hybridized carbons (Fsp3) is 0.400. The largest absolute Gasteiger partial charge is 0.416 e. The second-order valence-electron chi connectivity index (χ2n) is 9.37. The minimum atomic E-state index is -5.05. The third kappa shape index (κ3) is 4.57. The van der Waals surface area contributed by atoms with Gasteiger partial charge in [-0.15, -0.1) is 0 Å². The number of nitrogens with one attached hydrogen (secondary N) is 1. The molecule has 2 N–H and O–H groups in total. The lowest BCUT2D eigenvalue weighted by Crippen LogP contribution is -2.58. The molecule has 3 atom stereocenters. The number of amides is 1. The third-order valence-electron chi connectivity index (χ3n) is 7.05. The average Bonchev–Trinajstić information content (AvgIpc) is 3.40. The van der Waals surface area contributed by atoms with Crippen molar-refractivity contribution in [2.45, 2.75) is 49.9 Å². The van der Waals surface area contributed by atoms with Crippen LogP contribution in [0.4, 0.5) is 26.3 Å². The number of para-hydroxylation sites is 1. The molecule has 11 heteroatoms. The highest BCUT2D eigenvalue weighted by molar-refractivity contribution is 5.95. The number of aromatic amines is 1. The Morgan fingerprint density at radius 2 is 1.69 bits per heavy atom. The van der Waals surface area contributed by atoms with Gasteiger partial charge in [-0.05, 0) is 42.7 Å². The molecule has 3 heterocycles. The van der Waals surface area contributed by atoms with Crippen LogP contribution in [0.1, 0.15) is 39.9 Å². The molecule has 0 aliphatic carbocycles. The standard InChI is InChI=1S/C25H23F6N3O2/c26-24(27,28)16-7-14(8-17(10-16)25(29,30)31)23(36)33-6-5-18-11-19(35)13-34(18)22(33)9-15-12-32-21-4-2-1-3-20(15)21/h1-4,7-8,10,12,18-19,22,32,35H,5-6,9,11,13H2. The van der Waals surface area contributed by atoms with Crippen LogP contribution in [0.15, 0.2) is 48.7 Å². The van der Waals surface area contributed by atoms with E-state index >= 15 is 0 Å². The molecule has 36 heavy (non-hydrogen) atoms. The Kier molecular flexibility index (Phi) is 6.03. The molecule has 192 valence electrons. The van der Waals surface area contributed by atoms with E-state index in [0.717, 1.165) is 16.5 Å². The van der Waals surface area contributed by atoms with Crippen LogP contribution in [0.25, 0.3) is 10.9 Å². The lowest BCUT2D eigenvalue weighted by atomic mass is 9.99. The highest BCUT2D eigenvalue weighted by atomic mass is 19.4. The SMILES string of the molecule is O=C(c1cc(C(F)(F)F)cc(C(F)(F)F)c1)N1CCC2CC(O)CN2C1Cc1c[nH]c2ccccc12. The summed E-state index contributed by atoms with van der Waals surface area (Å²) < 4.78 is 80.4. The van der Waals surface area contributed by atoms with Crippen LogP contribution in [0.2, 0.25) is 0 Å². The maximum Gasteiger partial charge on any atom is 0.416 e. The van der Waals surface area contributed by atoms with Crippen molar-refractivity contribution >= 4 is 16.8 Å². The van der Waals surface area contributed by atoms with E-state index in [-0.39, 0.29) is 25.2 Å². The molecule has 0 spiro atoms. The van der Waals surface area contributed by atoms with E-state index in [1.807, 2.05) is 29.2 Å². The van der Waals surface area contributed by atoms with Crippen molar-refractivity contribution in [3.63, 3.8) is 0 Å². The zero-order valence-corrected chi connectivity index (χ0v) is 18.9. The minimum Gasteiger partial charge on any atom is -0.392 e. The number of alkyl halides is 6. The van der Waals surface area contributed by atoms with E-state index in [9.17, 15) is 36.2 Å². The molecule has 1 amide bonds. The van der Waals surface area contributed by atoms with Crippen molar-refractivity contribution in [1.29, 1.82) is 0 Å². The molecule has 2 saturated heterocycles. The lowest BCUT2D eigenvalue weighted by molar-refractivity contribution is -0.143. The maximum atomic E-state index is 13.5. The summed E-state index contributed by atoms with van der Waals surface area (Å²) in [5.41, 5.74) is -2.00. The number of aliphatic hydroxyl groups excluding tert-OH is 1. The minimum absolute atomic E-state index is 0.0171. The Balaban J connectivity index is 1.54. The van der Waals surface area contributed by atoms with Gasteiger partial charge in [-0.2, -0.15) is 26.3 Å². The van der Waals surface area contributed by atoms with Gasteiger partial charge in [0, 0.05) is 48.2 Å². The molecule has 5 nitrogen and oxygen atoms in total. The van der Waals surface area contributed by atoms with E-state index in [0.29, 0.717) is 31.4 Å². The molecule has 0 saturated carbocycles. The number of hydrogen-bond donors (Lipinski definition) is 2. The first kappa shape index (κ1) is 24.6. The van der Waals surface area contributed by atoms with E-state index < -0.39 is 47.2 Å². The van der Waals surface area contributed by atoms with Crippen LogP contribution >= 0.6 is 0 Å². The van der Waals surface area contributed by atoms with Crippen molar-refractivity contribution in [1.82, 2.24) is 14.8 Å². The number of carbonyl (C=O) groups excluding carboxylic acids is 1. The highest BCUT2D eigenvalue weighted by Gasteiger charge is 2.44. The predicted octanol–water partition coefficient (Wildman–Crippen LogP) is 5.06. The van der Waals surface area contributed by atoms with Crippen molar-refractivity contribution in [3.05, 3.63) is 70.9 Å². The van der Waals surface area contributed by atoms with Crippen molar-refractivity contribution < 1.29 is 36.2 Å². The van der Waals surface area contributed by atoms with Gasteiger partial charge in [0.05, 0.1) is 23.4 Å². The van der Waals surface area contributed by atoms with Gasteiger partial charge in [-0.3, -0.25) is 9.69 Å². The van der Waals surface area contributed by atoms with Crippen LogP contribution in [0.5, 0.6) is 0 Å². The highest BCUT2D eigenvalue weighted by Crippen LogP contribution is 2.38. The van der Waals surface area contributed by atoms with Gasteiger partial charge in [0.2, 0.25) is 0 Å². The fourth-order valence-electron chi connectivity index (χ4n) is 5.39. The number of nitrogens with zero attached hydrogens (tertiary/aromatic N) is 2. The third-order valence-corrected chi connectivity index (χ3v) is 7.05. The molecule has 3 unspecified atom stereocenters. The molecule has 0 bridgehead atoms. The van der Waals surface area contributed by atoms with Crippen LogP contribution in [-0.2, 0) is 18.8 Å². The Hall–Kier alpha value is -3.05. The van der Waals surface area contributed by atoms with Gasteiger partial charge in [-0.1, -0.05) is 18.2 Å². The summed E-state index contributed by atoms with van der Waals surface area (Å²) in [4.78, 5) is 19.9. The van der Waals surface area contributed by atoms with E-state index in [2.05, 4.69) is 4.98 Å². The molecule has 2 fully saturated rings. The summed E-state index contributed by atoms with van der Waals surface area (Å²) in [5.74, 6) is -0.906. The molecule has 0 radical (unpaired) electrons. The summed E-state index contributed by atoms with van der Waals surface area (Å²) in [6.07, 6.45) is -8.33. The smallest absolute Gasteiger partial charge is 0.392 e. The van der Waals surface area contributed by atoms with Gasteiger partial charge in [0.15, 0.2) is 0 Å². The zero-order chi connectivity index (χ0) is 25.8. The second-order valence-corrected chi connectivity index (χ2v) is 9.37. The number of fused-ring (bicyclic) bond motifs is 2. The van der Waals surface area contributed by atoms with Crippen molar-refractivity contribution in [2.24, 2.45) is 0 Å². The van der Waals surface area contributed by atoms with Gasteiger partial charge < -0.3 is 15.0 Å². The van der Waals surface area contributed by atoms with Crippen molar-refractivity contribution in [2.75, 3.05) is 13.1 Å². The molecule has 3 aromatic rings. The first-order valence-electron chi connectivity index (χ1n) is 11.5. The van der Waals surface area contributed by atoms with E-state index in [1.165, 1.54) is 4.90 Å². The molecular formula is C25H23F6N3O2. The van der Waals surface area contributed by atoms with Crippen LogP contribution in [-0.4, -0.2) is 57.2 Å². The van der Waals surface area contributed by atoms with Gasteiger partial charge >= 0.3 is 12.4 Å². The Bertz CT molecular complexity index is 1250. The number of benzene rings is 2. The zero-order valence-electron chi connectivity index (χ0n) is 18.9. The Labute approximate surface area is 202 Å². The van der Waals surface area contributed by atoms with Crippen LogP contribution in [0.3, 0.4) is 0 Å². The first-order valence-corrected chi connectivity index (χ1v) is 11.5. The monoisotopic (exact) mass is 511 g/mol. The number of aromatic nitrogens is 1. The number of aliphatic hydroxyl groups is 1. The summed E-state index contributed by atoms with van der Waals surface area (Å²) in [7, 11) is 0. The van der Waals surface area contributed by atoms with Gasteiger partial charge in [0.25, 0.3) is 5.91 Å². The predicted molar refractivity (Wildman–Crippen MR) is 119 cm³/mol. The number of hydrogen-bond acceptors (Lipinski definition) is 3. The first-order chi connectivity index (χ1) is 16.9. The topological polar surface area (TPSA) is 59.6 Å². The van der Waals surface area contributed by atoms with E-state index in [1.54, 1.807) is 6.20 Å². The Morgan fingerprint density at radius 3 is 2.36 bits per heavy atom. The molecule has 1 aromatic heterocycles. The van der Waals surface area contributed by atoms with Gasteiger partial charge in [0.1, 0.15) is 0 Å². The molecule has 2 aliphatic rings. The summed E-state index contributed by atoms with van der Waals surface area (Å²) >= 11 is 0. The van der Waals surface area contributed by atoms with Gasteiger partial charge in [-0.25, -0.2) is 0 Å². The lowest BCUT2D eigenvalue weighted by Gasteiger charge is -2.45. The maximum absolute atomic E-state index is 13.5. The molecule has 2 aliphatic heterocycles. The molecule has 5 rings (SSSR count). The number of H-pyrrole nitrogens is 1. The average molecular weight is 511 g/mol. The fourth-order valence-corrected chi connectivity index (χ4v) is 5.39. The summed E-state index contributed by atoms with van der Waals surface area (Å²) in [6, 6.07) is 8.43. The normalized spacial score (nSPS) is 23.3. The molecule has 2 aromatic carbocycles. The van der Waals surface area contributed by atoms with E-state index in [4.69, 9.17) is 0 Å².